The number of halogens is 1. The van der Waals surface area contributed by atoms with Gasteiger partial charge >= 0.3 is 0 Å². The fourth-order valence-electron chi connectivity index (χ4n) is 3.41. The van der Waals surface area contributed by atoms with Crippen LogP contribution in [0.15, 0.2) is 28.5 Å². The molecule has 4 rings (SSSR count). The molecule has 0 radical (unpaired) electrons. The SMILES string of the molecule is Cc1ccc2sc(NC(=O)C3CCN(S(=O)(=O)c4ccc(Cl)s4)CC3)nc2c1C. The predicted octanol–water partition coefficient (Wildman–Crippen LogP) is 4.67. The quantitative estimate of drug-likeness (QED) is 0.602. The van der Waals surface area contributed by atoms with Gasteiger partial charge in [-0.3, -0.25) is 4.79 Å². The topological polar surface area (TPSA) is 79.4 Å². The van der Waals surface area contributed by atoms with Crippen molar-refractivity contribution in [2.75, 3.05) is 18.4 Å². The van der Waals surface area contributed by atoms with E-state index in [1.54, 1.807) is 6.07 Å². The van der Waals surface area contributed by atoms with Crippen molar-refractivity contribution in [3.8, 4) is 0 Å². The van der Waals surface area contributed by atoms with E-state index in [1.165, 1.54) is 27.3 Å². The summed E-state index contributed by atoms with van der Waals surface area (Å²) in [5, 5.41) is 3.51. The third kappa shape index (κ3) is 4.06. The highest BCUT2D eigenvalue weighted by atomic mass is 35.5. The van der Waals surface area contributed by atoms with Crippen LogP contribution in [0.3, 0.4) is 0 Å². The number of thiophene rings is 1. The van der Waals surface area contributed by atoms with Crippen molar-refractivity contribution in [1.82, 2.24) is 9.29 Å². The molecule has 154 valence electrons. The number of anilines is 1. The summed E-state index contributed by atoms with van der Waals surface area (Å²) >= 11 is 8.38. The Labute approximate surface area is 182 Å². The van der Waals surface area contributed by atoms with Crippen LogP contribution in [-0.2, 0) is 14.8 Å². The number of piperidine rings is 1. The Kier molecular flexibility index (Phi) is 5.69. The Morgan fingerprint density at radius 3 is 2.55 bits per heavy atom. The normalized spacial score (nSPS) is 16.4. The minimum Gasteiger partial charge on any atom is -0.302 e. The van der Waals surface area contributed by atoms with E-state index in [2.05, 4.69) is 16.4 Å². The number of benzene rings is 1. The second-order valence-corrected chi connectivity index (χ2v) is 12.0. The molecule has 10 heteroatoms. The molecule has 1 saturated heterocycles. The lowest BCUT2D eigenvalue weighted by molar-refractivity contribution is -0.120. The van der Waals surface area contributed by atoms with E-state index >= 15 is 0 Å². The van der Waals surface area contributed by atoms with Gasteiger partial charge in [0.2, 0.25) is 5.91 Å². The zero-order chi connectivity index (χ0) is 20.8. The first-order valence-corrected chi connectivity index (χ1v) is 12.6. The van der Waals surface area contributed by atoms with Crippen LogP contribution in [0.4, 0.5) is 5.13 Å². The second-order valence-electron chi connectivity index (χ2n) is 7.10. The number of hydrogen-bond donors (Lipinski definition) is 1. The summed E-state index contributed by atoms with van der Waals surface area (Å²) in [6.07, 6.45) is 0.959. The molecule has 0 spiro atoms. The Morgan fingerprint density at radius 2 is 1.90 bits per heavy atom. The number of sulfonamides is 1. The van der Waals surface area contributed by atoms with Gasteiger partial charge < -0.3 is 5.32 Å². The highest BCUT2D eigenvalue weighted by Gasteiger charge is 2.33. The lowest BCUT2D eigenvalue weighted by Crippen LogP contribution is -2.41. The number of amides is 1. The van der Waals surface area contributed by atoms with E-state index in [0.717, 1.165) is 27.1 Å². The molecule has 1 aromatic carbocycles. The van der Waals surface area contributed by atoms with Gasteiger partial charge in [-0.2, -0.15) is 4.31 Å². The smallest absolute Gasteiger partial charge is 0.252 e. The molecular formula is C19H20ClN3O3S3. The Balaban J connectivity index is 1.41. The number of fused-ring (bicyclic) bond motifs is 1. The Bertz CT molecular complexity index is 1180. The fourth-order valence-corrected chi connectivity index (χ4v) is 7.44. The van der Waals surface area contributed by atoms with Gasteiger partial charge in [-0.25, -0.2) is 13.4 Å². The van der Waals surface area contributed by atoms with Crippen molar-refractivity contribution in [2.45, 2.75) is 30.9 Å². The number of aryl methyl sites for hydroxylation is 2. The zero-order valence-electron chi connectivity index (χ0n) is 15.9. The second kappa shape index (κ2) is 7.96. The molecule has 3 heterocycles. The first-order valence-electron chi connectivity index (χ1n) is 9.19. The van der Waals surface area contributed by atoms with E-state index in [0.29, 0.717) is 35.4 Å². The molecule has 1 fully saturated rings. The highest BCUT2D eigenvalue weighted by molar-refractivity contribution is 7.91. The van der Waals surface area contributed by atoms with Crippen LogP contribution in [0.25, 0.3) is 10.2 Å². The lowest BCUT2D eigenvalue weighted by Gasteiger charge is -2.29. The van der Waals surface area contributed by atoms with E-state index in [9.17, 15) is 13.2 Å². The van der Waals surface area contributed by atoms with Crippen LogP contribution < -0.4 is 5.32 Å². The summed E-state index contributed by atoms with van der Waals surface area (Å²) in [6, 6.07) is 7.18. The monoisotopic (exact) mass is 469 g/mol. The molecule has 29 heavy (non-hydrogen) atoms. The average Bonchev–Trinajstić information content (AvgIpc) is 3.31. The third-order valence-corrected chi connectivity index (χ3v) is 9.82. The number of nitrogens with zero attached hydrogens (tertiary/aromatic N) is 2. The zero-order valence-corrected chi connectivity index (χ0v) is 19.1. The number of hydrogen-bond acceptors (Lipinski definition) is 6. The molecule has 6 nitrogen and oxygen atoms in total. The minimum absolute atomic E-state index is 0.102. The molecule has 1 amide bonds. The predicted molar refractivity (Wildman–Crippen MR) is 119 cm³/mol. The van der Waals surface area contributed by atoms with E-state index in [4.69, 9.17) is 11.6 Å². The molecule has 2 aromatic heterocycles. The van der Waals surface area contributed by atoms with Crippen LogP contribution in [0, 0.1) is 19.8 Å². The average molecular weight is 470 g/mol. The number of carbonyl (C=O) groups is 1. The van der Waals surface area contributed by atoms with Gasteiger partial charge in [0.05, 0.1) is 14.6 Å². The lowest BCUT2D eigenvalue weighted by atomic mass is 9.97. The van der Waals surface area contributed by atoms with Crippen LogP contribution in [-0.4, -0.2) is 36.7 Å². The summed E-state index contributed by atoms with van der Waals surface area (Å²) < 4.78 is 28.6. The van der Waals surface area contributed by atoms with E-state index in [-0.39, 0.29) is 16.0 Å². The molecule has 0 unspecified atom stereocenters. The molecule has 1 aliphatic heterocycles. The van der Waals surface area contributed by atoms with Crippen molar-refractivity contribution >= 4 is 65.6 Å². The molecule has 0 atom stereocenters. The van der Waals surface area contributed by atoms with Gasteiger partial charge in [0, 0.05) is 19.0 Å². The minimum atomic E-state index is -3.55. The molecule has 1 aliphatic rings. The first kappa shape index (κ1) is 20.7. The molecule has 1 N–H and O–H groups in total. The number of thiazole rings is 1. The van der Waals surface area contributed by atoms with Crippen molar-refractivity contribution in [1.29, 1.82) is 0 Å². The molecule has 3 aromatic rings. The van der Waals surface area contributed by atoms with Gasteiger partial charge in [0.25, 0.3) is 10.0 Å². The molecular weight excluding hydrogens is 450 g/mol. The summed E-state index contributed by atoms with van der Waals surface area (Å²) in [4.78, 5) is 17.3. The fraction of sp³-hybridized carbons (Fsp3) is 0.368. The first-order chi connectivity index (χ1) is 13.8. The van der Waals surface area contributed by atoms with Crippen LogP contribution in [0.2, 0.25) is 4.34 Å². The van der Waals surface area contributed by atoms with Crippen LogP contribution >= 0.6 is 34.3 Å². The van der Waals surface area contributed by atoms with Crippen LogP contribution in [0.1, 0.15) is 24.0 Å². The standard InChI is InChI=1S/C19H20ClN3O3S3/c1-11-3-4-14-17(12(11)2)21-19(27-14)22-18(24)13-7-9-23(10-8-13)29(25,26)16-6-5-15(20)28-16/h3-6,13H,7-10H2,1-2H3,(H,21,22,24). The summed E-state index contributed by atoms with van der Waals surface area (Å²) in [5.41, 5.74) is 3.20. The highest BCUT2D eigenvalue weighted by Crippen LogP contribution is 2.32. The van der Waals surface area contributed by atoms with Crippen molar-refractivity contribution < 1.29 is 13.2 Å². The number of nitrogens with one attached hydrogen (secondary N) is 1. The summed E-state index contributed by atoms with van der Waals surface area (Å²) in [6.45, 7) is 4.69. The Morgan fingerprint density at radius 1 is 1.17 bits per heavy atom. The maximum Gasteiger partial charge on any atom is 0.252 e. The van der Waals surface area contributed by atoms with Crippen molar-refractivity contribution in [3.63, 3.8) is 0 Å². The largest absolute Gasteiger partial charge is 0.302 e. The van der Waals surface area contributed by atoms with Gasteiger partial charge in [0.15, 0.2) is 5.13 Å². The molecule has 0 aliphatic carbocycles. The number of carbonyl (C=O) groups excluding carboxylic acids is 1. The number of aromatic nitrogens is 1. The summed E-state index contributed by atoms with van der Waals surface area (Å²) in [7, 11) is -3.55. The maximum absolute atomic E-state index is 12.7. The van der Waals surface area contributed by atoms with Crippen molar-refractivity contribution in [2.24, 2.45) is 5.92 Å². The third-order valence-electron chi connectivity index (χ3n) is 5.28. The maximum atomic E-state index is 12.7. The van der Waals surface area contributed by atoms with Crippen molar-refractivity contribution in [3.05, 3.63) is 39.7 Å². The molecule has 0 saturated carbocycles. The van der Waals surface area contributed by atoms with Gasteiger partial charge in [0.1, 0.15) is 4.21 Å². The van der Waals surface area contributed by atoms with Crippen LogP contribution in [0.5, 0.6) is 0 Å². The molecule has 0 bridgehead atoms. The summed E-state index contributed by atoms with van der Waals surface area (Å²) in [5.74, 6) is -0.335. The Hall–Kier alpha value is -1.52. The van der Waals surface area contributed by atoms with Gasteiger partial charge in [-0.1, -0.05) is 29.0 Å². The van der Waals surface area contributed by atoms with E-state index in [1.807, 2.05) is 19.9 Å². The van der Waals surface area contributed by atoms with E-state index < -0.39 is 10.0 Å². The number of rotatable bonds is 4. The van der Waals surface area contributed by atoms with Gasteiger partial charge in [-0.05, 0) is 56.0 Å². The van der Waals surface area contributed by atoms with Gasteiger partial charge in [-0.15, -0.1) is 11.3 Å².